The lowest BCUT2D eigenvalue weighted by Gasteiger charge is -2.18. The lowest BCUT2D eigenvalue weighted by Crippen LogP contribution is -2.30. The first-order valence-electron chi connectivity index (χ1n) is 7.98. The number of amides is 2. The smallest absolute Gasteiger partial charge is 0.322 e. The molecule has 124 valence electrons. The molecule has 0 bridgehead atoms. The van der Waals surface area contributed by atoms with Crippen molar-refractivity contribution in [2.24, 2.45) is 0 Å². The van der Waals surface area contributed by atoms with E-state index in [9.17, 15) is 4.79 Å². The molecule has 0 saturated carbocycles. The molecular formula is C19H17N5O. The van der Waals surface area contributed by atoms with Crippen LogP contribution in [0.3, 0.4) is 0 Å². The maximum atomic E-state index is 12.6. The third kappa shape index (κ3) is 3.01. The number of urea groups is 1. The number of pyridine rings is 2. The topological polar surface area (TPSA) is 84.1 Å². The molecule has 0 atom stereocenters. The second-order valence-corrected chi connectivity index (χ2v) is 5.97. The van der Waals surface area contributed by atoms with Crippen LogP contribution in [0.1, 0.15) is 11.1 Å². The first-order valence-corrected chi connectivity index (χ1v) is 7.98. The fraction of sp³-hybridized carbons (Fsp3) is 0.105. The highest BCUT2D eigenvalue weighted by Crippen LogP contribution is 2.28. The summed E-state index contributed by atoms with van der Waals surface area (Å²) in [6.07, 6.45) is 7.02. The Labute approximate surface area is 145 Å². The fourth-order valence-electron chi connectivity index (χ4n) is 2.95. The van der Waals surface area contributed by atoms with E-state index in [4.69, 9.17) is 5.73 Å². The molecule has 6 heteroatoms. The van der Waals surface area contributed by atoms with Crippen LogP contribution in [0.15, 0.2) is 61.2 Å². The van der Waals surface area contributed by atoms with E-state index in [1.807, 2.05) is 30.3 Å². The summed E-state index contributed by atoms with van der Waals surface area (Å²) in [7, 11) is 0. The molecule has 6 nitrogen and oxygen atoms in total. The number of benzene rings is 1. The molecule has 4 rings (SSSR count). The van der Waals surface area contributed by atoms with Gasteiger partial charge in [-0.15, -0.1) is 0 Å². The number of nitrogen functional groups attached to an aromatic ring is 1. The van der Waals surface area contributed by atoms with Gasteiger partial charge in [0.15, 0.2) is 0 Å². The lowest BCUT2D eigenvalue weighted by atomic mass is 10.1. The van der Waals surface area contributed by atoms with Crippen LogP contribution in [0.25, 0.3) is 11.1 Å². The van der Waals surface area contributed by atoms with Crippen LogP contribution in [0, 0.1) is 0 Å². The number of rotatable bonds is 2. The van der Waals surface area contributed by atoms with Crippen molar-refractivity contribution in [1.29, 1.82) is 0 Å². The minimum absolute atomic E-state index is 0.172. The van der Waals surface area contributed by atoms with Gasteiger partial charge in [0.1, 0.15) is 0 Å². The third-order valence-corrected chi connectivity index (χ3v) is 4.32. The Bertz CT molecular complexity index is 901. The summed E-state index contributed by atoms with van der Waals surface area (Å²) in [6.45, 7) is 1.13. The SMILES string of the molecule is Nc1ccc(-c2ccncc2)cc1NC(=O)N1Cc2ccncc2C1. The maximum absolute atomic E-state index is 12.6. The lowest BCUT2D eigenvalue weighted by molar-refractivity contribution is 0.212. The Morgan fingerprint density at radius 3 is 2.52 bits per heavy atom. The van der Waals surface area contributed by atoms with Gasteiger partial charge in [0.05, 0.1) is 11.4 Å². The van der Waals surface area contributed by atoms with E-state index in [2.05, 4.69) is 15.3 Å². The van der Waals surface area contributed by atoms with Crippen LogP contribution in [-0.2, 0) is 13.1 Å². The summed E-state index contributed by atoms with van der Waals surface area (Å²) >= 11 is 0. The van der Waals surface area contributed by atoms with Gasteiger partial charge < -0.3 is 16.0 Å². The van der Waals surface area contributed by atoms with Gasteiger partial charge in [0.25, 0.3) is 0 Å². The minimum Gasteiger partial charge on any atom is -0.397 e. The van der Waals surface area contributed by atoms with Crippen molar-refractivity contribution in [2.45, 2.75) is 13.1 Å². The van der Waals surface area contributed by atoms with Gasteiger partial charge in [-0.1, -0.05) is 6.07 Å². The highest BCUT2D eigenvalue weighted by molar-refractivity contribution is 5.94. The Kier molecular flexibility index (Phi) is 3.78. The second kappa shape index (κ2) is 6.24. The van der Waals surface area contributed by atoms with Gasteiger partial charge in [0.2, 0.25) is 0 Å². The molecule has 3 N–H and O–H groups in total. The highest BCUT2D eigenvalue weighted by atomic mass is 16.2. The van der Waals surface area contributed by atoms with Gasteiger partial charge in [0, 0.05) is 37.9 Å². The largest absolute Gasteiger partial charge is 0.397 e. The van der Waals surface area contributed by atoms with Crippen LogP contribution in [0.2, 0.25) is 0 Å². The number of nitrogens with zero attached hydrogens (tertiary/aromatic N) is 3. The fourth-order valence-corrected chi connectivity index (χ4v) is 2.95. The molecule has 0 spiro atoms. The maximum Gasteiger partial charge on any atom is 0.322 e. The zero-order chi connectivity index (χ0) is 17.2. The standard InChI is InChI=1S/C19H17N5O/c20-17-2-1-14(13-3-6-21-7-4-13)9-18(17)23-19(25)24-11-15-5-8-22-10-16(15)12-24/h1-10H,11-12,20H2,(H,23,25). The Balaban J connectivity index is 1.54. The van der Waals surface area contributed by atoms with E-state index in [0.717, 1.165) is 22.3 Å². The number of nitrogens with two attached hydrogens (primary N) is 1. The van der Waals surface area contributed by atoms with Gasteiger partial charge >= 0.3 is 6.03 Å². The summed E-state index contributed by atoms with van der Waals surface area (Å²) in [5, 5.41) is 2.92. The molecule has 0 radical (unpaired) electrons. The number of anilines is 2. The third-order valence-electron chi connectivity index (χ3n) is 4.32. The highest BCUT2D eigenvalue weighted by Gasteiger charge is 2.23. The van der Waals surface area contributed by atoms with Crippen molar-refractivity contribution in [3.8, 4) is 11.1 Å². The average Bonchev–Trinajstić information content (AvgIpc) is 3.08. The molecule has 3 aromatic rings. The second-order valence-electron chi connectivity index (χ2n) is 5.97. The molecule has 0 aliphatic carbocycles. The minimum atomic E-state index is -0.172. The number of hydrogen-bond acceptors (Lipinski definition) is 4. The van der Waals surface area contributed by atoms with Crippen LogP contribution in [-0.4, -0.2) is 20.9 Å². The van der Waals surface area contributed by atoms with E-state index in [1.54, 1.807) is 35.8 Å². The summed E-state index contributed by atoms with van der Waals surface area (Å²) in [6, 6.07) is 11.2. The summed E-state index contributed by atoms with van der Waals surface area (Å²) < 4.78 is 0. The zero-order valence-electron chi connectivity index (χ0n) is 13.5. The molecule has 0 fully saturated rings. The van der Waals surface area contributed by atoms with Crippen LogP contribution < -0.4 is 11.1 Å². The molecule has 0 unspecified atom stereocenters. The summed E-state index contributed by atoms with van der Waals surface area (Å²) in [5.41, 5.74) is 11.4. The van der Waals surface area contributed by atoms with Crippen molar-refractivity contribution in [1.82, 2.24) is 14.9 Å². The van der Waals surface area contributed by atoms with E-state index in [-0.39, 0.29) is 6.03 Å². The summed E-state index contributed by atoms with van der Waals surface area (Å²) in [5.74, 6) is 0. The van der Waals surface area contributed by atoms with Crippen molar-refractivity contribution in [3.05, 3.63) is 72.3 Å². The van der Waals surface area contributed by atoms with E-state index >= 15 is 0 Å². The molecular weight excluding hydrogens is 314 g/mol. The molecule has 25 heavy (non-hydrogen) atoms. The van der Waals surface area contributed by atoms with Crippen molar-refractivity contribution < 1.29 is 4.79 Å². The van der Waals surface area contributed by atoms with Crippen molar-refractivity contribution in [3.63, 3.8) is 0 Å². The van der Waals surface area contributed by atoms with Gasteiger partial charge in [-0.3, -0.25) is 9.97 Å². The quantitative estimate of drug-likeness (QED) is 0.706. The number of hydrogen-bond donors (Lipinski definition) is 2. The van der Waals surface area contributed by atoms with Crippen LogP contribution >= 0.6 is 0 Å². The van der Waals surface area contributed by atoms with Crippen LogP contribution in [0.4, 0.5) is 16.2 Å². The van der Waals surface area contributed by atoms with Crippen LogP contribution in [0.5, 0.6) is 0 Å². The Hall–Kier alpha value is -3.41. The number of nitrogens with one attached hydrogen (secondary N) is 1. The Morgan fingerprint density at radius 1 is 0.960 bits per heavy atom. The predicted molar refractivity (Wildman–Crippen MR) is 96.6 cm³/mol. The van der Waals surface area contributed by atoms with E-state index in [0.29, 0.717) is 24.5 Å². The average molecular weight is 331 g/mol. The normalized spacial score (nSPS) is 12.7. The predicted octanol–water partition coefficient (Wildman–Crippen LogP) is 3.27. The molecule has 2 amide bonds. The monoisotopic (exact) mass is 331 g/mol. The molecule has 1 aromatic carbocycles. The Morgan fingerprint density at radius 2 is 1.72 bits per heavy atom. The number of carbonyl (C=O) groups is 1. The zero-order valence-corrected chi connectivity index (χ0v) is 13.5. The molecule has 2 aromatic heterocycles. The van der Waals surface area contributed by atoms with E-state index in [1.165, 1.54) is 0 Å². The van der Waals surface area contributed by atoms with Gasteiger partial charge in [-0.25, -0.2) is 4.79 Å². The van der Waals surface area contributed by atoms with Crippen molar-refractivity contribution >= 4 is 17.4 Å². The van der Waals surface area contributed by atoms with E-state index < -0.39 is 0 Å². The number of fused-ring (bicyclic) bond motifs is 1. The molecule has 3 heterocycles. The first kappa shape index (κ1) is 15.1. The molecule has 1 aliphatic heterocycles. The molecule has 0 saturated heterocycles. The molecule has 1 aliphatic rings. The van der Waals surface area contributed by atoms with Gasteiger partial charge in [-0.2, -0.15) is 0 Å². The van der Waals surface area contributed by atoms with Gasteiger partial charge in [-0.05, 0) is 52.6 Å². The number of aromatic nitrogens is 2. The summed E-state index contributed by atoms with van der Waals surface area (Å²) in [4.78, 5) is 22.5. The van der Waals surface area contributed by atoms with Crippen molar-refractivity contribution in [2.75, 3.05) is 11.1 Å². The number of carbonyl (C=O) groups excluding carboxylic acids is 1. The first-order chi connectivity index (χ1) is 12.2.